The Morgan fingerprint density at radius 1 is 1.61 bits per heavy atom. The molecule has 2 N–H and O–H groups in total. The fourth-order valence-electron chi connectivity index (χ4n) is 1.72. The Bertz CT molecular complexity index is 642. The van der Waals surface area contributed by atoms with Gasteiger partial charge in [-0.25, -0.2) is 4.98 Å². The molecule has 0 bridgehead atoms. The lowest BCUT2D eigenvalue weighted by atomic mass is 10.1. The van der Waals surface area contributed by atoms with E-state index >= 15 is 0 Å². The minimum Gasteiger partial charge on any atom is -0.442 e. The first-order valence-corrected chi connectivity index (χ1v) is 5.82. The van der Waals surface area contributed by atoms with E-state index in [4.69, 9.17) is 4.42 Å². The minimum absolute atomic E-state index is 0.0394. The number of carbonyl (C=O) groups excluding carboxylic acids is 1. The smallest absolute Gasteiger partial charge is 0.262 e. The second-order valence-electron chi connectivity index (χ2n) is 4.23. The molecule has 1 atom stereocenters. The van der Waals surface area contributed by atoms with Gasteiger partial charge in [0, 0.05) is 6.04 Å². The molecular weight excluding hydrogens is 234 g/mol. The maximum absolute atomic E-state index is 12.1. The minimum atomic E-state index is -0.369. The number of furan rings is 1. The fraction of sp³-hybridized carbons (Fsp3) is 0.417. The predicted molar refractivity (Wildman–Crippen MR) is 66.6 cm³/mol. The molecule has 18 heavy (non-hydrogen) atoms. The zero-order valence-electron chi connectivity index (χ0n) is 10.5. The van der Waals surface area contributed by atoms with Crippen LogP contribution >= 0.6 is 0 Å². The highest BCUT2D eigenvalue weighted by atomic mass is 16.3. The van der Waals surface area contributed by atoms with Gasteiger partial charge in [0.1, 0.15) is 11.1 Å². The first-order chi connectivity index (χ1) is 8.54. The van der Waals surface area contributed by atoms with E-state index in [1.165, 1.54) is 6.33 Å². The summed E-state index contributed by atoms with van der Waals surface area (Å²) in [5, 5.41) is 3.02. The van der Waals surface area contributed by atoms with E-state index in [0.717, 1.165) is 6.42 Å². The highest BCUT2D eigenvalue weighted by Crippen LogP contribution is 2.20. The van der Waals surface area contributed by atoms with E-state index in [-0.39, 0.29) is 34.2 Å². The van der Waals surface area contributed by atoms with Gasteiger partial charge in [-0.15, -0.1) is 0 Å². The first-order valence-electron chi connectivity index (χ1n) is 5.82. The summed E-state index contributed by atoms with van der Waals surface area (Å²) < 4.78 is 5.32. The molecule has 0 aromatic carbocycles. The largest absolute Gasteiger partial charge is 0.442 e. The Kier molecular flexibility index (Phi) is 3.18. The quantitative estimate of drug-likeness (QED) is 0.859. The molecule has 0 radical (unpaired) electrons. The van der Waals surface area contributed by atoms with Crippen molar-refractivity contribution in [3.8, 4) is 0 Å². The van der Waals surface area contributed by atoms with E-state index < -0.39 is 0 Å². The van der Waals surface area contributed by atoms with Gasteiger partial charge >= 0.3 is 0 Å². The summed E-state index contributed by atoms with van der Waals surface area (Å²) in [7, 11) is 0. The normalized spacial score (nSPS) is 12.6. The van der Waals surface area contributed by atoms with Gasteiger partial charge in [0.2, 0.25) is 5.71 Å². The zero-order valence-corrected chi connectivity index (χ0v) is 10.5. The molecule has 0 fully saturated rings. The van der Waals surface area contributed by atoms with Crippen LogP contribution in [0, 0.1) is 6.92 Å². The molecule has 2 aromatic heterocycles. The van der Waals surface area contributed by atoms with Crippen LogP contribution in [0.4, 0.5) is 0 Å². The molecule has 0 aliphatic heterocycles. The molecule has 96 valence electrons. The van der Waals surface area contributed by atoms with Gasteiger partial charge in [-0.1, -0.05) is 6.92 Å². The van der Waals surface area contributed by atoms with Gasteiger partial charge < -0.3 is 14.7 Å². The number of carbonyl (C=O) groups is 1. The summed E-state index contributed by atoms with van der Waals surface area (Å²) in [6.45, 7) is 5.52. The lowest BCUT2D eigenvalue weighted by Gasteiger charge is -2.10. The second kappa shape index (κ2) is 4.64. The van der Waals surface area contributed by atoms with Gasteiger partial charge in [-0.2, -0.15) is 0 Å². The zero-order chi connectivity index (χ0) is 13.3. The molecule has 2 rings (SSSR count). The summed E-state index contributed by atoms with van der Waals surface area (Å²) in [5.74, 6) is 0.0918. The molecule has 0 saturated heterocycles. The highest BCUT2D eigenvalue weighted by molar-refractivity contribution is 6.06. The van der Waals surface area contributed by atoms with E-state index in [9.17, 15) is 9.59 Å². The summed E-state index contributed by atoms with van der Waals surface area (Å²) in [5.41, 5.74) is 0.0800. The Balaban J connectivity index is 2.53. The van der Waals surface area contributed by atoms with Gasteiger partial charge in [0.05, 0.1) is 11.9 Å². The predicted octanol–water partition coefficient (Wildman–Crippen LogP) is 1.35. The molecule has 1 amide bonds. The number of aromatic amines is 1. The molecule has 0 aliphatic rings. The van der Waals surface area contributed by atoms with Gasteiger partial charge in [-0.05, 0) is 20.3 Å². The monoisotopic (exact) mass is 249 g/mol. The van der Waals surface area contributed by atoms with Crippen LogP contribution in [0.5, 0.6) is 0 Å². The van der Waals surface area contributed by atoms with E-state index in [1.807, 2.05) is 13.8 Å². The van der Waals surface area contributed by atoms with E-state index in [2.05, 4.69) is 15.3 Å². The number of fused-ring (bicyclic) bond motifs is 1. The van der Waals surface area contributed by atoms with Crippen molar-refractivity contribution in [3.05, 3.63) is 28.0 Å². The van der Waals surface area contributed by atoms with Crippen LogP contribution in [0.25, 0.3) is 11.1 Å². The van der Waals surface area contributed by atoms with Crippen LogP contribution in [0.2, 0.25) is 0 Å². The van der Waals surface area contributed by atoms with Crippen LogP contribution in [0.1, 0.15) is 36.4 Å². The fourth-order valence-corrected chi connectivity index (χ4v) is 1.72. The molecule has 2 heterocycles. The first kappa shape index (κ1) is 12.3. The number of hydrogen-bond donors (Lipinski definition) is 2. The standard InChI is InChI=1S/C12H15N3O3/c1-4-6(2)15-11(17)8-7(3)18-12-9(8)10(16)13-5-14-12/h5-6H,4H2,1-3H3,(H,15,17)(H,13,14,16). The Morgan fingerprint density at radius 2 is 2.33 bits per heavy atom. The lowest BCUT2D eigenvalue weighted by molar-refractivity contribution is 0.0939. The van der Waals surface area contributed by atoms with Crippen molar-refractivity contribution < 1.29 is 9.21 Å². The maximum Gasteiger partial charge on any atom is 0.262 e. The lowest BCUT2D eigenvalue weighted by Crippen LogP contribution is -2.32. The maximum atomic E-state index is 12.1. The van der Waals surface area contributed by atoms with Crippen molar-refractivity contribution in [3.63, 3.8) is 0 Å². The van der Waals surface area contributed by atoms with Crippen LogP contribution in [-0.4, -0.2) is 21.9 Å². The van der Waals surface area contributed by atoms with Crippen LogP contribution in [-0.2, 0) is 0 Å². The number of hydrogen-bond acceptors (Lipinski definition) is 4. The molecule has 6 heteroatoms. The van der Waals surface area contributed by atoms with Gasteiger partial charge in [0.25, 0.3) is 11.5 Å². The Hall–Kier alpha value is -2.11. The van der Waals surface area contributed by atoms with Crippen molar-refractivity contribution in [2.24, 2.45) is 0 Å². The summed E-state index contributed by atoms with van der Waals surface area (Å²) in [6.07, 6.45) is 2.07. The van der Waals surface area contributed by atoms with Gasteiger partial charge in [0.15, 0.2) is 0 Å². The Morgan fingerprint density at radius 3 is 3.00 bits per heavy atom. The third-order valence-electron chi connectivity index (χ3n) is 2.89. The third-order valence-corrected chi connectivity index (χ3v) is 2.89. The number of nitrogens with zero attached hydrogens (tertiary/aromatic N) is 1. The molecule has 2 aromatic rings. The topological polar surface area (TPSA) is 88.0 Å². The number of nitrogens with one attached hydrogen (secondary N) is 2. The molecule has 0 aliphatic carbocycles. The average molecular weight is 249 g/mol. The number of aromatic nitrogens is 2. The van der Waals surface area contributed by atoms with Crippen molar-refractivity contribution >= 4 is 17.0 Å². The van der Waals surface area contributed by atoms with E-state index in [0.29, 0.717) is 5.76 Å². The average Bonchev–Trinajstić information content (AvgIpc) is 2.66. The van der Waals surface area contributed by atoms with Crippen LogP contribution in [0.3, 0.4) is 0 Å². The van der Waals surface area contributed by atoms with Crippen LogP contribution < -0.4 is 10.9 Å². The van der Waals surface area contributed by atoms with Crippen LogP contribution in [0.15, 0.2) is 15.5 Å². The summed E-state index contributed by atoms with van der Waals surface area (Å²) in [4.78, 5) is 30.2. The molecular formula is C12H15N3O3. The van der Waals surface area contributed by atoms with Crippen molar-refractivity contribution in [2.45, 2.75) is 33.2 Å². The second-order valence-corrected chi connectivity index (χ2v) is 4.23. The number of aryl methyl sites for hydroxylation is 1. The third kappa shape index (κ3) is 2.01. The number of H-pyrrole nitrogens is 1. The number of rotatable bonds is 3. The Labute approximate surface area is 103 Å². The summed E-state index contributed by atoms with van der Waals surface area (Å²) in [6, 6.07) is 0.0394. The SMILES string of the molecule is CCC(C)NC(=O)c1c(C)oc2nc[nH]c(=O)c12. The van der Waals surface area contributed by atoms with E-state index in [1.54, 1.807) is 6.92 Å². The van der Waals surface area contributed by atoms with Crippen molar-refractivity contribution in [1.29, 1.82) is 0 Å². The van der Waals surface area contributed by atoms with Crippen molar-refractivity contribution in [2.75, 3.05) is 0 Å². The van der Waals surface area contributed by atoms with Crippen molar-refractivity contribution in [1.82, 2.24) is 15.3 Å². The highest BCUT2D eigenvalue weighted by Gasteiger charge is 2.22. The molecule has 0 saturated carbocycles. The number of amides is 1. The summed E-state index contributed by atoms with van der Waals surface area (Å²) >= 11 is 0. The molecule has 6 nitrogen and oxygen atoms in total. The molecule has 0 spiro atoms. The molecule has 1 unspecified atom stereocenters. The van der Waals surface area contributed by atoms with Gasteiger partial charge in [-0.3, -0.25) is 9.59 Å².